The number of piperazine rings is 1. The summed E-state index contributed by atoms with van der Waals surface area (Å²) in [6.07, 6.45) is 1.86. The number of rotatable bonds is 6. The van der Waals surface area contributed by atoms with Gasteiger partial charge in [-0.25, -0.2) is 0 Å². The van der Waals surface area contributed by atoms with Gasteiger partial charge in [0.2, 0.25) is 5.91 Å². The van der Waals surface area contributed by atoms with Crippen molar-refractivity contribution >= 4 is 17.5 Å². The van der Waals surface area contributed by atoms with Crippen LogP contribution in [0.15, 0.2) is 66.9 Å². The van der Waals surface area contributed by atoms with Crippen LogP contribution in [0.3, 0.4) is 0 Å². The number of nitrogens with two attached hydrogens (primary N) is 1. The fourth-order valence-corrected chi connectivity index (χ4v) is 4.05. The summed E-state index contributed by atoms with van der Waals surface area (Å²) in [5, 5.41) is 9.43. The Bertz CT molecular complexity index is 1070. The van der Waals surface area contributed by atoms with Gasteiger partial charge in [-0.15, -0.1) is 0 Å². The molecule has 0 bridgehead atoms. The molecule has 0 atom stereocenters. The lowest BCUT2D eigenvalue weighted by atomic mass is 10.1. The van der Waals surface area contributed by atoms with Crippen molar-refractivity contribution in [1.82, 2.24) is 9.47 Å². The number of anilines is 1. The van der Waals surface area contributed by atoms with E-state index in [4.69, 9.17) is 5.73 Å². The minimum absolute atomic E-state index is 0.00514. The van der Waals surface area contributed by atoms with Crippen LogP contribution < -0.4 is 10.6 Å². The molecule has 7 nitrogen and oxygen atoms in total. The first-order valence-corrected chi connectivity index (χ1v) is 10.4. The fraction of sp³-hybridized carbons (Fsp3) is 0.250. The Morgan fingerprint density at radius 2 is 1.68 bits per heavy atom. The minimum atomic E-state index is -0.448. The standard InChI is InChI=1S/C24H26N4O3/c25-23(30)19-7-4-8-20(17-19)26-11-13-28(14-12-26)24(31)21-9-10-27(15-16-29)22(21)18-5-2-1-3-6-18/h1-10,17,29H,11-16H2,(H2,25,30). The number of carbonyl (C=O) groups excluding carboxylic acids is 2. The Kier molecular flexibility index (Phi) is 6.04. The van der Waals surface area contributed by atoms with E-state index in [-0.39, 0.29) is 12.5 Å². The number of aliphatic hydroxyl groups excluding tert-OH is 1. The molecule has 1 aromatic heterocycles. The number of aliphatic hydroxyl groups is 1. The van der Waals surface area contributed by atoms with Crippen molar-refractivity contribution in [2.75, 3.05) is 37.7 Å². The molecule has 0 spiro atoms. The second-order valence-electron chi connectivity index (χ2n) is 7.55. The van der Waals surface area contributed by atoms with Crippen molar-refractivity contribution in [2.24, 2.45) is 5.73 Å². The predicted molar refractivity (Wildman–Crippen MR) is 120 cm³/mol. The van der Waals surface area contributed by atoms with E-state index in [0.29, 0.717) is 43.9 Å². The van der Waals surface area contributed by atoms with Gasteiger partial charge in [0.05, 0.1) is 17.9 Å². The third-order valence-corrected chi connectivity index (χ3v) is 5.64. The number of aromatic nitrogens is 1. The molecule has 2 amide bonds. The van der Waals surface area contributed by atoms with Crippen LogP contribution in [0.2, 0.25) is 0 Å². The van der Waals surface area contributed by atoms with Crippen LogP contribution in [-0.2, 0) is 6.54 Å². The lowest BCUT2D eigenvalue weighted by molar-refractivity contribution is 0.0747. The highest BCUT2D eigenvalue weighted by molar-refractivity contribution is 6.00. The predicted octanol–water partition coefficient (Wildman–Crippen LogP) is 2.21. The van der Waals surface area contributed by atoms with Crippen molar-refractivity contribution < 1.29 is 14.7 Å². The Hall–Kier alpha value is -3.58. The van der Waals surface area contributed by atoms with Crippen LogP contribution in [0, 0.1) is 0 Å². The van der Waals surface area contributed by atoms with E-state index in [2.05, 4.69) is 4.90 Å². The van der Waals surface area contributed by atoms with Gasteiger partial charge in [-0.3, -0.25) is 9.59 Å². The zero-order valence-corrected chi connectivity index (χ0v) is 17.3. The maximum absolute atomic E-state index is 13.4. The van der Waals surface area contributed by atoms with E-state index in [1.54, 1.807) is 12.1 Å². The van der Waals surface area contributed by atoms with Gasteiger partial charge in [-0.2, -0.15) is 0 Å². The summed E-state index contributed by atoms with van der Waals surface area (Å²) in [7, 11) is 0. The van der Waals surface area contributed by atoms with Gasteiger partial charge in [0.15, 0.2) is 0 Å². The highest BCUT2D eigenvalue weighted by atomic mass is 16.3. The van der Waals surface area contributed by atoms with Crippen molar-refractivity contribution in [3.8, 4) is 11.3 Å². The molecule has 0 unspecified atom stereocenters. The van der Waals surface area contributed by atoms with Crippen molar-refractivity contribution in [3.05, 3.63) is 78.0 Å². The Labute approximate surface area is 181 Å². The van der Waals surface area contributed by atoms with E-state index < -0.39 is 5.91 Å². The van der Waals surface area contributed by atoms with E-state index in [9.17, 15) is 14.7 Å². The van der Waals surface area contributed by atoms with E-state index >= 15 is 0 Å². The summed E-state index contributed by atoms with van der Waals surface area (Å²) < 4.78 is 1.92. The van der Waals surface area contributed by atoms with Gasteiger partial charge in [0.1, 0.15) is 0 Å². The Balaban J connectivity index is 1.52. The topological polar surface area (TPSA) is 91.8 Å². The number of primary amides is 1. The van der Waals surface area contributed by atoms with E-state index in [1.165, 1.54) is 0 Å². The largest absolute Gasteiger partial charge is 0.395 e. The molecule has 2 aromatic carbocycles. The first-order valence-electron chi connectivity index (χ1n) is 10.4. The van der Waals surface area contributed by atoms with Gasteiger partial charge in [-0.1, -0.05) is 36.4 Å². The quantitative estimate of drug-likeness (QED) is 0.642. The molecular formula is C24H26N4O3. The first kappa shape index (κ1) is 20.7. The number of benzene rings is 2. The lowest BCUT2D eigenvalue weighted by Gasteiger charge is -2.36. The van der Waals surface area contributed by atoms with Crippen LogP contribution in [0.5, 0.6) is 0 Å². The molecule has 1 aliphatic heterocycles. The summed E-state index contributed by atoms with van der Waals surface area (Å²) in [4.78, 5) is 28.9. The maximum atomic E-state index is 13.4. The minimum Gasteiger partial charge on any atom is -0.395 e. The zero-order chi connectivity index (χ0) is 21.8. The van der Waals surface area contributed by atoms with Gasteiger partial charge in [0.25, 0.3) is 5.91 Å². The Morgan fingerprint density at radius 3 is 2.35 bits per heavy atom. The van der Waals surface area contributed by atoms with Crippen LogP contribution >= 0.6 is 0 Å². The van der Waals surface area contributed by atoms with Crippen molar-refractivity contribution in [2.45, 2.75) is 6.54 Å². The fourth-order valence-electron chi connectivity index (χ4n) is 4.05. The van der Waals surface area contributed by atoms with E-state index in [0.717, 1.165) is 16.9 Å². The number of nitrogens with zero attached hydrogens (tertiary/aromatic N) is 3. The average Bonchev–Trinajstić information content (AvgIpc) is 3.23. The smallest absolute Gasteiger partial charge is 0.256 e. The van der Waals surface area contributed by atoms with Crippen LogP contribution in [0.1, 0.15) is 20.7 Å². The molecule has 0 radical (unpaired) electrons. The summed E-state index contributed by atoms with van der Waals surface area (Å²) in [6, 6.07) is 18.9. The number of hydrogen-bond donors (Lipinski definition) is 2. The van der Waals surface area contributed by atoms with E-state index in [1.807, 2.05) is 64.2 Å². The summed E-state index contributed by atoms with van der Waals surface area (Å²) >= 11 is 0. The monoisotopic (exact) mass is 418 g/mol. The second kappa shape index (κ2) is 9.06. The molecule has 7 heteroatoms. The van der Waals surface area contributed by atoms with Crippen molar-refractivity contribution in [3.63, 3.8) is 0 Å². The average molecular weight is 418 g/mol. The zero-order valence-electron chi connectivity index (χ0n) is 17.3. The summed E-state index contributed by atoms with van der Waals surface area (Å²) in [5.41, 5.74) is 9.23. The molecule has 1 saturated heterocycles. The molecule has 3 aromatic rings. The van der Waals surface area contributed by atoms with Gasteiger partial charge < -0.3 is 25.2 Å². The summed E-state index contributed by atoms with van der Waals surface area (Å²) in [6.45, 7) is 2.95. The highest BCUT2D eigenvalue weighted by Crippen LogP contribution is 2.27. The summed E-state index contributed by atoms with van der Waals surface area (Å²) in [5.74, 6) is -0.461. The van der Waals surface area contributed by atoms with Gasteiger partial charge >= 0.3 is 0 Å². The normalized spacial score (nSPS) is 14.0. The van der Waals surface area contributed by atoms with Crippen molar-refractivity contribution in [1.29, 1.82) is 0 Å². The van der Waals surface area contributed by atoms with Gasteiger partial charge in [-0.05, 0) is 29.8 Å². The molecule has 160 valence electrons. The molecular weight excluding hydrogens is 392 g/mol. The molecule has 4 rings (SSSR count). The van der Waals surface area contributed by atoms with Crippen LogP contribution in [0.4, 0.5) is 5.69 Å². The molecule has 1 aliphatic rings. The highest BCUT2D eigenvalue weighted by Gasteiger charge is 2.26. The first-order chi connectivity index (χ1) is 15.1. The second-order valence-corrected chi connectivity index (χ2v) is 7.55. The van der Waals surface area contributed by atoms with Gasteiger partial charge in [0, 0.05) is 50.2 Å². The number of amides is 2. The third kappa shape index (κ3) is 4.32. The number of hydrogen-bond acceptors (Lipinski definition) is 4. The number of carbonyl (C=O) groups is 2. The molecule has 1 fully saturated rings. The lowest BCUT2D eigenvalue weighted by Crippen LogP contribution is -2.48. The Morgan fingerprint density at radius 1 is 0.935 bits per heavy atom. The third-order valence-electron chi connectivity index (χ3n) is 5.64. The molecule has 31 heavy (non-hydrogen) atoms. The molecule has 0 aliphatic carbocycles. The van der Waals surface area contributed by atoms with Crippen LogP contribution in [-0.4, -0.2) is 59.2 Å². The SMILES string of the molecule is NC(=O)c1cccc(N2CCN(C(=O)c3ccn(CCO)c3-c3ccccc3)CC2)c1. The molecule has 2 heterocycles. The molecule has 3 N–H and O–H groups in total. The van der Waals surface area contributed by atoms with Crippen LogP contribution in [0.25, 0.3) is 11.3 Å². The maximum Gasteiger partial charge on any atom is 0.256 e. The molecule has 0 saturated carbocycles.